The second kappa shape index (κ2) is 9.36. The molecule has 2 rings (SSSR count). The van der Waals surface area contributed by atoms with Gasteiger partial charge in [0.15, 0.2) is 0 Å². The van der Waals surface area contributed by atoms with Gasteiger partial charge in [-0.15, -0.1) is 12.4 Å². The Hall–Kier alpha value is -1.15. The van der Waals surface area contributed by atoms with Crippen LogP contribution in [0.15, 0.2) is 29.2 Å². The molecule has 0 saturated carbocycles. The third-order valence-electron chi connectivity index (χ3n) is 4.12. The summed E-state index contributed by atoms with van der Waals surface area (Å²) in [6.07, 6.45) is 2.16. The van der Waals surface area contributed by atoms with Crippen molar-refractivity contribution < 1.29 is 13.2 Å². The van der Waals surface area contributed by atoms with Crippen LogP contribution in [0.4, 0.5) is 0 Å². The number of carbonyl (C=O) groups excluding carboxylic acids is 1. The molecule has 1 atom stereocenters. The first kappa shape index (κ1) is 20.9. The van der Waals surface area contributed by atoms with Crippen LogP contribution in [0.3, 0.4) is 0 Å². The molecular weight excluding hydrogens is 350 g/mol. The Morgan fingerprint density at radius 1 is 1.33 bits per heavy atom. The Kier molecular flexibility index (Phi) is 8.15. The Labute approximate surface area is 150 Å². The number of halogens is 1. The summed E-state index contributed by atoms with van der Waals surface area (Å²) in [6.45, 7) is 3.94. The summed E-state index contributed by atoms with van der Waals surface area (Å²) in [5, 5.41) is 0. The molecule has 0 aromatic heterocycles. The van der Waals surface area contributed by atoms with Gasteiger partial charge in [0, 0.05) is 32.6 Å². The van der Waals surface area contributed by atoms with Gasteiger partial charge in [-0.3, -0.25) is 4.79 Å². The van der Waals surface area contributed by atoms with Crippen molar-refractivity contribution in [1.82, 2.24) is 9.62 Å². The third kappa shape index (κ3) is 5.73. The molecule has 136 valence electrons. The van der Waals surface area contributed by atoms with E-state index >= 15 is 0 Å². The van der Waals surface area contributed by atoms with Crippen LogP contribution in [0.25, 0.3) is 0 Å². The normalized spacial score (nSPS) is 18.1. The second-order valence-corrected chi connectivity index (χ2v) is 7.82. The third-order valence-corrected chi connectivity index (χ3v) is 5.56. The molecule has 0 bridgehead atoms. The largest absolute Gasteiger partial charge is 0.342 e. The summed E-state index contributed by atoms with van der Waals surface area (Å²) < 4.78 is 27.3. The fourth-order valence-electron chi connectivity index (χ4n) is 2.77. The first-order valence-corrected chi connectivity index (χ1v) is 9.45. The van der Waals surface area contributed by atoms with Crippen molar-refractivity contribution in [1.29, 1.82) is 0 Å². The van der Waals surface area contributed by atoms with Crippen molar-refractivity contribution in [3.8, 4) is 0 Å². The maximum Gasteiger partial charge on any atom is 0.240 e. The molecule has 1 unspecified atom stereocenters. The minimum Gasteiger partial charge on any atom is -0.342 e. The molecule has 1 aromatic carbocycles. The topological polar surface area (TPSA) is 92.5 Å². The average molecular weight is 376 g/mol. The van der Waals surface area contributed by atoms with Crippen molar-refractivity contribution in [3.63, 3.8) is 0 Å². The zero-order valence-corrected chi connectivity index (χ0v) is 15.5. The molecule has 1 aliphatic heterocycles. The number of nitrogens with zero attached hydrogens (tertiary/aromatic N) is 1. The fourth-order valence-corrected chi connectivity index (χ4v) is 3.88. The van der Waals surface area contributed by atoms with Crippen LogP contribution < -0.4 is 10.5 Å². The maximum absolute atomic E-state index is 12.3. The van der Waals surface area contributed by atoms with Gasteiger partial charge < -0.3 is 10.6 Å². The lowest BCUT2D eigenvalue weighted by molar-refractivity contribution is -0.132. The molecule has 1 fully saturated rings. The number of hydrogen-bond acceptors (Lipinski definition) is 4. The molecule has 24 heavy (non-hydrogen) atoms. The molecule has 1 aliphatic rings. The molecule has 8 heteroatoms. The smallest absolute Gasteiger partial charge is 0.240 e. The summed E-state index contributed by atoms with van der Waals surface area (Å²) in [5.74, 6) is 0.198. The highest BCUT2D eigenvalue weighted by atomic mass is 35.5. The predicted octanol–water partition coefficient (Wildman–Crippen LogP) is 1.28. The van der Waals surface area contributed by atoms with Crippen LogP contribution in [-0.4, -0.2) is 45.4 Å². The van der Waals surface area contributed by atoms with Gasteiger partial charge in [0.25, 0.3) is 0 Å². The van der Waals surface area contributed by atoms with Gasteiger partial charge in [-0.05, 0) is 37.8 Å². The lowest BCUT2D eigenvalue weighted by Gasteiger charge is -2.32. The molecule has 0 spiro atoms. The summed E-state index contributed by atoms with van der Waals surface area (Å²) in [6, 6.07) is 6.77. The van der Waals surface area contributed by atoms with Crippen molar-refractivity contribution in [2.75, 3.05) is 26.2 Å². The van der Waals surface area contributed by atoms with E-state index in [2.05, 4.69) is 4.72 Å². The van der Waals surface area contributed by atoms with Gasteiger partial charge in [0.2, 0.25) is 15.9 Å². The molecule has 1 amide bonds. The highest BCUT2D eigenvalue weighted by Crippen LogP contribution is 2.18. The van der Waals surface area contributed by atoms with E-state index in [0.29, 0.717) is 26.1 Å². The Balaban J connectivity index is 0.00000288. The van der Waals surface area contributed by atoms with E-state index in [1.54, 1.807) is 29.2 Å². The van der Waals surface area contributed by atoms with Crippen molar-refractivity contribution in [2.45, 2.75) is 31.1 Å². The van der Waals surface area contributed by atoms with Crippen LogP contribution in [0.5, 0.6) is 0 Å². The summed E-state index contributed by atoms with van der Waals surface area (Å²) in [5.41, 5.74) is 6.44. The van der Waals surface area contributed by atoms with Crippen LogP contribution in [0.2, 0.25) is 0 Å². The van der Waals surface area contributed by atoms with E-state index in [0.717, 1.165) is 24.9 Å². The number of nitrogens with two attached hydrogens (primary N) is 1. The van der Waals surface area contributed by atoms with Crippen molar-refractivity contribution >= 4 is 28.3 Å². The maximum atomic E-state index is 12.3. The van der Waals surface area contributed by atoms with E-state index in [4.69, 9.17) is 5.73 Å². The summed E-state index contributed by atoms with van der Waals surface area (Å²) in [4.78, 5) is 14.0. The van der Waals surface area contributed by atoms with Gasteiger partial charge >= 0.3 is 0 Å². The van der Waals surface area contributed by atoms with Crippen LogP contribution in [0.1, 0.15) is 24.8 Å². The van der Waals surface area contributed by atoms with Crippen LogP contribution >= 0.6 is 12.4 Å². The highest BCUT2D eigenvalue weighted by Gasteiger charge is 2.24. The van der Waals surface area contributed by atoms with Crippen molar-refractivity contribution in [2.24, 2.45) is 11.7 Å². The lowest BCUT2D eigenvalue weighted by Crippen LogP contribution is -2.44. The minimum atomic E-state index is -3.50. The standard InChI is InChI=1S/C16H25N3O3S.ClH/c1-13-4-6-15(7-5-13)23(21,22)18-11-14-3-2-10-19(12-14)16(20)8-9-17;/h4-7,14,18H,2-3,8-12,17H2,1H3;1H. The number of hydrogen-bond donors (Lipinski definition) is 2. The van der Waals surface area contributed by atoms with E-state index < -0.39 is 10.0 Å². The number of carbonyl (C=O) groups is 1. The van der Waals surface area contributed by atoms with E-state index in [9.17, 15) is 13.2 Å². The van der Waals surface area contributed by atoms with Gasteiger partial charge in [0.1, 0.15) is 0 Å². The highest BCUT2D eigenvalue weighted by molar-refractivity contribution is 7.89. The molecule has 3 N–H and O–H groups in total. The molecule has 1 saturated heterocycles. The van der Waals surface area contributed by atoms with Crippen molar-refractivity contribution in [3.05, 3.63) is 29.8 Å². The molecule has 1 heterocycles. The molecule has 6 nitrogen and oxygen atoms in total. The quantitative estimate of drug-likeness (QED) is 0.783. The molecule has 0 aliphatic carbocycles. The van der Waals surface area contributed by atoms with E-state index in [-0.39, 0.29) is 29.1 Å². The number of likely N-dealkylation sites (tertiary alicyclic amines) is 1. The number of piperidine rings is 1. The SMILES string of the molecule is Cc1ccc(S(=O)(=O)NCC2CCCN(C(=O)CCN)C2)cc1.Cl. The first-order valence-electron chi connectivity index (χ1n) is 7.96. The fraction of sp³-hybridized carbons (Fsp3) is 0.562. The van der Waals surface area contributed by atoms with Gasteiger partial charge in [-0.2, -0.15) is 0 Å². The van der Waals surface area contributed by atoms with Gasteiger partial charge in [-0.25, -0.2) is 13.1 Å². The number of benzene rings is 1. The van der Waals surface area contributed by atoms with Gasteiger partial charge in [0.05, 0.1) is 4.90 Å². The molecule has 0 radical (unpaired) electrons. The van der Waals surface area contributed by atoms with E-state index in [1.165, 1.54) is 0 Å². The zero-order chi connectivity index (χ0) is 16.9. The van der Waals surface area contributed by atoms with E-state index in [1.807, 2.05) is 6.92 Å². The summed E-state index contributed by atoms with van der Waals surface area (Å²) >= 11 is 0. The number of aryl methyl sites for hydroxylation is 1. The molecular formula is C16H26ClN3O3S. The Morgan fingerprint density at radius 3 is 2.62 bits per heavy atom. The zero-order valence-electron chi connectivity index (χ0n) is 13.9. The molecule has 1 aromatic rings. The summed E-state index contributed by atoms with van der Waals surface area (Å²) in [7, 11) is -3.50. The van der Waals surface area contributed by atoms with Crippen LogP contribution in [-0.2, 0) is 14.8 Å². The lowest BCUT2D eigenvalue weighted by atomic mass is 9.98. The second-order valence-electron chi connectivity index (χ2n) is 6.05. The monoisotopic (exact) mass is 375 g/mol. The number of amides is 1. The first-order chi connectivity index (χ1) is 10.9. The number of sulfonamides is 1. The predicted molar refractivity (Wildman–Crippen MR) is 96.6 cm³/mol. The van der Waals surface area contributed by atoms with Gasteiger partial charge in [-0.1, -0.05) is 17.7 Å². The number of rotatable bonds is 6. The van der Waals surface area contributed by atoms with Crippen LogP contribution in [0, 0.1) is 12.8 Å². The number of nitrogens with one attached hydrogen (secondary N) is 1. The minimum absolute atomic E-state index is 0. The Morgan fingerprint density at radius 2 is 2.00 bits per heavy atom. The Bertz CT molecular complexity index is 634. The average Bonchev–Trinajstić information content (AvgIpc) is 2.54.